The van der Waals surface area contributed by atoms with Crippen LogP contribution < -0.4 is 5.32 Å². The van der Waals surface area contributed by atoms with E-state index in [1.165, 1.54) is 11.6 Å². The number of benzene rings is 2. The summed E-state index contributed by atoms with van der Waals surface area (Å²) in [5.41, 5.74) is 2.92. The Balaban J connectivity index is 1.97. The second kappa shape index (κ2) is 6.21. The number of carbonyl (C=O) groups excluding carboxylic acids is 1. The van der Waals surface area contributed by atoms with E-state index in [2.05, 4.69) is 5.32 Å². The molecule has 0 saturated heterocycles. The molecule has 0 unspecified atom stereocenters. The van der Waals surface area contributed by atoms with Crippen LogP contribution in [-0.4, -0.2) is 5.91 Å². The number of anilines is 1. The molecule has 0 aromatic heterocycles. The molecule has 0 bridgehead atoms. The Morgan fingerprint density at radius 3 is 2.32 bits per heavy atom. The van der Waals surface area contributed by atoms with Gasteiger partial charge in [0.2, 0.25) is 5.91 Å². The van der Waals surface area contributed by atoms with Crippen molar-refractivity contribution in [3.63, 3.8) is 0 Å². The van der Waals surface area contributed by atoms with Crippen LogP contribution in [-0.2, 0) is 4.79 Å². The van der Waals surface area contributed by atoms with E-state index in [1.807, 2.05) is 31.2 Å². The van der Waals surface area contributed by atoms with E-state index in [-0.39, 0.29) is 5.91 Å². The smallest absolute Gasteiger partial charge is 0.248 e. The molecule has 0 heterocycles. The van der Waals surface area contributed by atoms with Crippen molar-refractivity contribution in [3.05, 3.63) is 70.8 Å². The van der Waals surface area contributed by atoms with E-state index in [1.54, 1.807) is 30.3 Å². The summed E-state index contributed by atoms with van der Waals surface area (Å²) < 4.78 is 0. The maximum absolute atomic E-state index is 11.7. The highest BCUT2D eigenvalue weighted by atomic mass is 35.5. The summed E-state index contributed by atoms with van der Waals surface area (Å²) in [5.74, 6) is -0.164. The van der Waals surface area contributed by atoms with Gasteiger partial charge in [-0.05, 0) is 42.8 Å². The van der Waals surface area contributed by atoms with Crippen molar-refractivity contribution < 1.29 is 4.79 Å². The van der Waals surface area contributed by atoms with Crippen LogP contribution in [0.2, 0.25) is 5.02 Å². The lowest BCUT2D eigenvalue weighted by Crippen LogP contribution is -2.07. The summed E-state index contributed by atoms with van der Waals surface area (Å²) in [6.07, 6.45) is 3.30. The van der Waals surface area contributed by atoms with Crippen LogP contribution in [0.15, 0.2) is 54.6 Å². The maximum Gasteiger partial charge on any atom is 0.248 e. The molecule has 0 fully saturated rings. The first-order chi connectivity index (χ1) is 9.13. The Labute approximate surface area is 117 Å². The number of amides is 1. The molecule has 2 nitrogen and oxygen atoms in total. The molecule has 0 aliphatic heterocycles. The van der Waals surface area contributed by atoms with Gasteiger partial charge in [-0.15, -0.1) is 0 Å². The minimum atomic E-state index is -0.164. The molecule has 3 heteroatoms. The van der Waals surface area contributed by atoms with Gasteiger partial charge in [0.15, 0.2) is 0 Å². The van der Waals surface area contributed by atoms with E-state index in [9.17, 15) is 4.79 Å². The quantitative estimate of drug-likeness (QED) is 0.829. The molecule has 19 heavy (non-hydrogen) atoms. The molecule has 0 atom stereocenters. The van der Waals surface area contributed by atoms with Crippen molar-refractivity contribution in [1.82, 2.24) is 0 Å². The Hall–Kier alpha value is -2.06. The summed E-state index contributed by atoms with van der Waals surface area (Å²) in [4.78, 5) is 11.7. The molecule has 0 radical (unpaired) electrons. The molecular weight excluding hydrogens is 258 g/mol. The van der Waals surface area contributed by atoms with Crippen molar-refractivity contribution >= 4 is 29.3 Å². The molecule has 1 N–H and O–H groups in total. The van der Waals surface area contributed by atoms with E-state index in [0.29, 0.717) is 5.02 Å². The fourth-order valence-electron chi connectivity index (χ4n) is 1.57. The third-order valence-electron chi connectivity index (χ3n) is 2.62. The topological polar surface area (TPSA) is 29.1 Å². The van der Waals surface area contributed by atoms with Gasteiger partial charge in [-0.3, -0.25) is 4.79 Å². The van der Waals surface area contributed by atoms with Gasteiger partial charge in [0.05, 0.1) is 0 Å². The van der Waals surface area contributed by atoms with Gasteiger partial charge in [-0.2, -0.15) is 0 Å². The molecule has 1 amide bonds. The average Bonchev–Trinajstić information content (AvgIpc) is 2.41. The highest BCUT2D eigenvalue weighted by Gasteiger charge is 1.97. The standard InChI is InChI=1S/C16H14ClNO/c1-12-2-4-13(5-3-12)6-11-16(19)18-15-9-7-14(17)8-10-15/h2-11H,1H3,(H,18,19). The predicted octanol–water partition coefficient (Wildman–Crippen LogP) is 4.30. The molecule has 96 valence electrons. The number of halogens is 1. The lowest BCUT2D eigenvalue weighted by molar-refractivity contribution is -0.111. The zero-order valence-corrected chi connectivity index (χ0v) is 11.3. The lowest BCUT2D eigenvalue weighted by Gasteiger charge is -2.01. The Kier molecular flexibility index (Phi) is 4.37. The molecule has 0 aliphatic carbocycles. The number of hydrogen-bond acceptors (Lipinski definition) is 1. The molecule has 0 spiro atoms. The number of carbonyl (C=O) groups is 1. The summed E-state index contributed by atoms with van der Waals surface area (Å²) in [5, 5.41) is 3.41. The van der Waals surface area contributed by atoms with Crippen LogP contribution >= 0.6 is 11.6 Å². The second-order valence-electron chi connectivity index (χ2n) is 4.24. The zero-order chi connectivity index (χ0) is 13.7. The van der Waals surface area contributed by atoms with Gasteiger partial charge in [0, 0.05) is 16.8 Å². The monoisotopic (exact) mass is 271 g/mol. The Morgan fingerprint density at radius 2 is 1.68 bits per heavy atom. The van der Waals surface area contributed by atoms with Crippen LogP contribution in [0.3, 0.4) is 0 Å². The molecule has 0 saturated carbocycles. The SMILES string of the molecule is Cc1ccc(C=CC(=O)Nc2ccc(Cl)cc2)cc1. The normalized spacial score (nSPS) is 10.6. The number of aryl methyl sites for hydroxylation is 1. The van der Waals surface area contributed by atoms with Crippen LogP contribution in [0.1, 0.15) is 11.1 Å². The average molecular weight is 272 g/mol. The third kappa shape index (κ3) is 4.27. The zero-order valence-electron chi connectivity index (χ0n) is 10.6. The number of rotatable bonds is 3. The second-order valence-corrected chi connectivity index (χ2v) is 4.68. The van der Waals surface area contributed by atoms with Gasteiger partial charge in [-0.1, -0.05) is 41.4 Å². The first kappa shape index (κ1) is 13.4. The van der Waals surface area contributed by atoms with Gasteiger partial charge in [0.1, 0.15) is 0 Å². The van der Waals surface area contributed by atoms with Crippen molar-refractivity contribution in [3.8, 4) is 0 Å². The highest BCUT2D eigenvalue weighted by Crippen LogP contribution is 2.13. The number of hydrogen-bond donors (Lipinski definition) is 1. The van der Waals surface area contributed by atoms with Gasteiger partial charge in [-0.25, -0.2) is 0 Å². The van der Waals surface area contributed by atoms with E-state index in [4.69, 9.17) is 11.6 Å². The van der Waals surface area contributed by atoms with Crippen LogP contribution in [0.25, 0.3) is 6.08 Å². The summed E-state index contributed by atoms with van der Waals surface area (Å²) in [6.45, 7) is 2.03. The van der Waals surface area contributed by atoms with Gasteiger partial charge in [0.25, 0.3) is 0 Å². The molecular formula is C16H14ClNO. The van der Waals surface area contributed by atoms with Gasteiger partial charge < -0.3 is 5.32 Å². The number of nitrogens with one attached hydrogen (secondary N) is 1. The van der Waals surface area contributed by atoms with Crippen LogP contribution in [0.5, 0.6) is 0 Å². The summed E-state index contributed by atoms with van der Waals surface area (Å²) in [7, 11) is 0. The van der Waals surface area contributed by atoms with Crippen molar-refractivity contribution in [2.45, 2.75) is 6.92 Å². The molecule has 0 aliphatic rings. The van der Waals surface area contributed by atoms with Gasteiger partial charge >= 0.3 is 0 Å². The minimum absolute atomic E-state index is 0.164. The molecule has 2 aromatic carbocycles. The van der Waals surface area contributed by atoms with E-state index in [0.717, 1.165) is 11.3 Å². The third-order valence-corrected chi connectivity index (χ3v) is 2.87. The van der Waals surface area contributed by atoms with E-state index < -0.39 is 0 Å². The van der Waals surface area contributed by atoms with E-state index >= 15 is 0 Å². The minimum Gasteiger partial charge on any atom is -0.323 e. The summed E-state index contributed by atoms with van der Waals surface area (Å²) >= 11 is 5.78. The maximum atomic E-state index is 11.7. The lowest BCUT2D eigenvalue weighted by atomic mass is 10.1. The Morgan fingerprint density at radius 1 is 1.05 bits per heavy atom. The molecule has 2 aromatic rings. The fraction of sp³-hybridized carbons (Fsp3) is 0.0625. The fourth-order valence-corrected chi connectivity index (χ4v) is 1.69. The van der Waals surface area contributed by atoms with Crippen LogP contribution in [0.4, 0.5) is 5.69 Å². The highest BCUT2D eigenvalue weighted by molar-refractivity contribution is 6.30. The van der Waals surface area contributed by atoms with Crippen molar-refractivity contribution in [1.29, 1.82) is 0 Å². The first-order valence-corrected chi connectivity index (χ1v) is 6.32. The van der Waals surface area contributed by atoms with Crippen molar-refractivity contribution in [2.75, 3.05) is 5.32 Å². The largest absolute Gasteiger partial charge is 0.323 e. The Bertz CT molecular complexity index is 585. The first-order valence-electron chi connectivity index (χ1n) is 5.95. The van der Waals surface area contributed by atoms with Crippen molar-refractivity contribution in [2.24, 2.45) is 0 Å². The van der Waals surface area contributed by atoms with Crippen LogP contribution in [0, 0.1) is 6.92 Å². The molecule has 2 rings (SSSR count). The summed E-state index contributed by atoms with van der Waals surface area (Å²) in [6, 6.07) is 15.0. The predicted molar refractivity (Wildman–Crippen MR) is 80.3 cm³/mol.